The van der Waals surface area contributed by atoms with Crippen molar-refractivity contribution in [2.75, 3.05) is 12.4 Å². The Kier molecular flexibility index (Phi) is 4.91. The van der Waals surface area contributed by atoms with Gasteiger partial charge in [0.1, 0.15) is 11.6 Å². The van der Waals surface area contributed by atoms with Gasteiger partial charge in [0.25, 0.3) is 0 Å². The van der Waals surface area contributed by atoms with Gasteiger partial charge in [-0.15, -0.1) is 0 Å². The van der Waals surface area contributed by atoms with Crippen LogP contribution in [-0.4, -0.2) is 17.0 Å². The zero-order valence-electron chi connectivity index (χ0n) is 11.3. The predicted molar refractivity (Wildman–Crippen MR) is 82.5 cm³/mol. The molecule has 19 heavy (non-hydrogen) atoms. The van der Waals surface area contributed by atoms with Gasteiger partial charge in [-0.2, -0.15) is 0 Å². The number of nitrogens with zero attached hydrogens (tertiary/aromatic N) is 2. The summed E-state index contributed by atoms with van der Waals surface area (Å²) in [6.45, 7) is 2.16. The number of anilines is 1. The Hall–Kier alpha value is -1.42. The lowest BCUT2D eigenvalue weighted by atomic mass is 10.1. The third kappa shape index (κ3) is 3.77. The highest BCUT2D eigenvalue weighted by Crippen LogP contribution is 2.19. The van der Waals surface area contributed by atoms with Crippen molar-refractivity contribution >= 4 is 21.7 Å². The average Bonchev–Trinajstić information content (AvgIpc) is 2.41. The summed E-state index contributed by atoms with van der Waals surface area (Å²) in [5.74, 6) is 1.75. The molecule has 0 aliphatic heterocycles. The van der Waals surface area contributed by atoms with E-state index in [1.165, 1.54) is 5.56 Å². The fourth-order valence-electron chi connectivity index (χ4n) is 1.96. The Morgan fingerprint density at radius 2 is 2.00 bits per heavy atom. The summed E-state index contributed by atoms with van der Waals surface area (Å²) in [5, 5.41) is 3.10. The average molecular weight is 320 g/mol. The molecule has 0 aliphatic carbocycles. The zero-order chi connectivity index (χ0) is 13.7. The van der Waals surface area contributed by atoms with Crippen LogP contribution in [0.15, 0.2) is 34.8 Å². The SMILES string of the molecule is CCCc1cc(NC)nc(Cc2ccccc2Br)n1. The van der Waals surface area contributed by atoms with Gasteiger partial charge in [-0.25, -0.2) is 9.97 Å². The molecule has 1 N–H and O–H groups in total. The molecule has 0 aliphatic rings. The maximum atomic E-state index is 4.64. The van der Waals surface area contributed by atoms with E-state index < -0.39 is 0 Å². The second-order valence-corrected chi connectivity index (χ2v) is 5.28. The zero-order valence-corrected chi connectivity index (χ0v) is 12.9. The minimum absolute atomic E-state index is 0.744. The molecule has 3 nitrogen and oxygen atoms in total. The van der Waals surface area contributed by atoms with E-state index in [4.69, 9.17) is 0 Å². The standard InChI is InChI=1S/C15H18BrN3/c1-3-6-12-10-14(17-2)19-15(18-12)9-11-7-4-5-8-13(11)16/h4-5,7-8,10H,3,6,9H2,1-2H3,(H,17,18,19). The molecular weight excluding hydrogens is 302 g/mol. The molecule has 0 saturated heterocycles. The quantitative estimate of drug-likeness (QED) is 0.910. The number of hydrogen-bond donors (Lipinski definition) is 1. The Bertz CT molecular complexity index is 555. The van der Waals surface area contributed by atoms with E-state index in [2.05, 4.69) is 44.2 Å². The molecule has 0 saturated carbocycles. The fraction of sp³-hybridized carbons (Fsp3) is 0.333. The number of aryl methyl sites for hydroxylation is 1. The monoisotopic (exact) mass is 319 g/mol. The van der Waals surface area contributed by atoms with E-state index >= 15 is 0 Å². The van der Waals surface area contributed by atoms with Crippen molar-refractivity contribution in [3.8, 4) is 0 Å². The Morgan fingerprint density at radius 3 is 2.68 bits per heavy atom. The summed E-state index contributed by atoms with van der Waals surface area (Å²) < 4.78 is 1.10. The van der Waals surface area contributed by atoms with Crippen LogP contribution in [0.5, 0.6) is 0 Å². The molecule has 100 valence electrons. The summed E-state index contributed by atoms with van der Waals surface area (Å²) in [4.78, 5) is 9.16. The molecule has 2 rings (SSSR count). The summed E-state index contributed by atoms with van der Waals surface area (Å²) >= 11 is 3.57. The Balaban J connectivity index is 2.29. The number of aromatic nitrogens is 2. The highest BCUT2D eigenvalue weighted by molar-refractivity contribution is 9.10. The summed E-state index contributed by atoms with van der Waals surface area (Å²) in [6.07, 6.45) is 2.82. The van der Waals surface area contributed by atoms with E-state index in [-0.39, 0.29) is 0 Å². The number of rotatable bonds is 5. The van der Waals surface area contributed by atoms with Crippen molar-refractivity contribution in [2.24, 2.45) is 0 Å². The first kappa shape index (κ1) is 14.0. The molecule has 1 heterocycles. The minimum Gasteiger partial charge on any atom is -0.373 e. The molecule has 0 amide bonds. The van der Waals surface area contributed by atoms with Crippen LogP contribution in [0.1, 0.15) is 30.4 Å². The topological polar surface area (TPSA) is 37.8 Å². The van der Waals surface area contributed by atoms with Gasteiger partial charge in [-0.3, -0.25) is 0 Å². The van der Waals surface area contributed by atoms with Gasteiger partial charge in [0, 0.05) is 29.7 Å². The molecule has 0 atom stereocenters. The van der Waals surface area contributed by atoms with Crippen LogP contribution in [0.2, 0.25) is 0 Å². The van der Waals surface area contributed by atoms with Crippen molar-refractivity contribution in [1.82, 2.24) is 9.97 Å². The molecule has 1 aromatic heterocycles. The predicted octanol–water partition coefficient (Wildman–Crippen LogP) is 3.82. The Labute approximate surface area is 122 Å². The van der Waals surface area contributed by atoms with E-state index in [1.54, 1.807) is 0 Å². The molecule has 0 bridgehead atoms. The van der Waals surface area contributed by atoms with Crippen molar-refractivity contribution in [1.29, 1.82) is 0 Å². The molecule has 0 unspecified atom stereocenters. The van der Waals surface area contributed by atoms with Crippen LogP contribution in [-0.2, 0) is 12.8 Å². The third-order valence-corrected chi connectivity index (χ3v) is 3.67. The number of nitrogens with one attached hydrogen (secondary N) is 1. The first-order valence-corrected chi connectivity index (χ1v) is 7.30. The summed E-state index contributed by atoms with van der Waals surface area (Å²) in [6, 6.07) is 10.2. The molecule has 1 aromatic carbocycles. The number of hydrogen-bond acceptors (Lipinski definition) is 3. The molecule has 0 spiro atoms. The fourth-order valence-corrected chi connectivity index (χ4v) is 2.38. The summed E-state index contributed by atoms with van der Waals surface area (Å²) in [5.41, 5.74) is 2.31. The van der Waals surface area contributed by atoms with E-state index in [0.29, 0.717) is 0 Å². The summed E-state index contributed by atoms with van der Waals surface area (Å²) in [7, 11) is 1.89. The van der Waals surface area contributed by atoms with Gasteiger partial charge in [0.2, 0.25) is 0 Å². The lowest BCUT2D eigenvalue weighted by Gasteiger charge is -2.08. The second kappa shape index (κ2) is 6.66. The van der Waals surface area contributed by atoms with Gasteiger partial charge in [-0.05, 0) is 18.1 Å². The third-order valence-electron chi connectivity index (χ3n) is 2.89. The van der Waals surface area contributed by atoms with Gasteiger partial charge in [-0.1, -0.05) is 47.5 Å². The minimum atomic E-state index is 0.744. The molecule has 0 fully saturated rings. The van der Waals surface area contributed by atoms with Crippen LogP contribution in [0, 0.1) is 0 Å². The molecule has 2 aromatic rings. The normalized spacial score (nSPS) is 10.5. The lowest BCUT2D eigenvalue weighted by molar-refractivity contribution is 0.842. The highest BCUT2D eigenvalue weighted by atomic mass is 79.9. The van der Waals surface area contributed by atoms with Gasteiger partial charge in [0.15, 0.2) is 0 Å². The van der Waals surface area contributed by atoms with Gasteiger partial charge < -0.3 is 5.32 Å². The molecule has 4 heteroatoms. The first-order valence-electron chi connectivity index (χ1n) is 6.51. The molecule has 0 radical (unpaired) electrons. The first-order chi connectivity index (χ1) is 9.22. The number of halogens is 1. The van der Waals surface area contributed by atoms with E-state index in [1.807, 2.05) is 31.3 Å². The van der Waals surface area contributed by atoms with Crippen LogP contribution < -0.4 is 5.32 Å². The van der Waals surface area contributed by atoms with Crippen molar-refractivity contribution in [3.05, 3.63) is 51.9 Å². The maximum absolute atomic E-state index is 4.64. The van der Waals surface area contributed by atoms with Crippen molar-refractivity contribution in [3.63, 3.8) is 0 Å². The van der Waals surface area contributed by atoms with Crippen molar-refractivity contribution < 1.29 is 0 Å². The van der Waals surface area contributed by atoms with Crippen LogP contribution in [0.4, 0.5) is 5.82 Å². The van der Waals surface area contributed by atoms with Crippen LogP contribution in [0.3, 0.4) is 0 Å². The smallest absolute Gasteiger partial charge is 0.135 e. The Morgan fingerprint density at radius 1 is 1.21 bits per heavy atom. The highest BCUT2D eigenvalue weighted by Gasteiger charge is 2.06. The number of benzene rings is 1. The van der Waals surface area contributed by atoms with Crippen LogP contribution in [0.25, 0.3) is 0 Å². The lowest BCUT2D eigenvalue weighted by Crippen LogP contribution is -2.04. The van der Waals surface area contributed by atoms with Gasteiger partial charge >= 0.3 is 0 Å². The van der Waals surface area contributed by atoms with E-state index in [9.17, 15) is 0 Å². The van der Waals surface area contributed by atoms with Gasteiger partial charge in [0.05, 0.1) is 0 Å². The van der Waals surface area contributed by atoms with Crippen molar-refractivity contribution in [2.45, 2.75) is 26.2 Å². The van der Waals surface area contributed by atoms with E-state index in [0.717, 1.165) is 41.1 Å². The van der Waals surface area contributed by atoms with Crippen LogP contribution >= 0.6 is 15.9 Å². The maximum Gasteiger partial charge on any atom is 0.135 e. The largest absolute Gasteiger partial charge is 0.373 e. The second-order valence-electron chi connectivity index (χ2n) is 4.43. The molecular formula is C15H18BrN3.